The molecule has 2 amide bonds. The molecule has 1 heterocycles. The zero-order valence-electron chi connectivity index (χ0n) is 14.6. The van der Waals surface area contributed by atoms with Crippen LogP contribution < -0.4 is 15.0 Å². The highest BCUT2D eigenvalue weighted by Gasteiger charge is 2.22. The number of carbonyl (C=O) groups is 1. The number of nitrogens with zero attached hydrogens (tertiary/aromatic N) is 2. The molecule has 3 rings (SSSR count). The summed E-state index contributed by atoms with van der Waals surface area (Å²) in [4.78, 5) is 16.1. The van der Waals surface area contributed by atoms with Crippen LogP contribution in [0.3, 0.4) is 0 Å². The minimum atomic E-state index is -0.506. The molecule has 2 aromatic carbocycles. The first kappa shape index (κ1) is 17.8. The predicted molar refractivity (Wildman–Crippen MR) is 98.5 cm³/mol. The van der Waals surface area contributed by atoms with Gasteiger partial charge in [-0.2, -0.15) is 0 Å². The van der Waals surface area contributed by atoms with Gasteiger partial charge in [-0.3, -0.25) is 0 Å². The summed E-state index contributed by atoms with van der Waals surface area (Å²) in [5, 5.41) is 12.7. The van der Waals surface area contributed by atoms with Crippen molar-refractivity contribution in [2.75, 3.05) is 43.0 Å². The monoisotopic (exact) mass is 359 g/mol. The Morgan fingerprint density at radius 1 is 1.19 bits per heavy atom. The molecule has 138 valence electrons. The Balaban J connectivity index is 1.57. The van der Waals surface area contributed by atoms with E-state index in [4.69, 9.17) is 4.74 Å². The third-order valence-electron chi connectivity index (χ3n) is 4.27. The van der Waals surface area contributed by atoms with E-state index >= 15 is 0 Å². The van der Waals surface area contributed by atoms with Crippen molar-refractivity contribution in [3.8, 4) is 11.5 Å². The van der Waals surface area contributed by atoms with Crippen LogP contribution in [-0.4, -0.2) is 48.8 Å². The largest absolute Gasteiger partial charge is 0.506 e. The van der Waals surface area contributed by atoms with Gasteiger partial charge >= 0.3 is 6.03 Å². The number of halogens is 1. The van der Waals surface area contributed by atoms with E-state index in [1.54, 1.807) is 30.0 Å². The number of phenols is 1. The molecule has 1 fully saturated rings. The molecular weight excluding hydrogens is 337 g/mol. The van der Waals surface area contributed by atoms with Gasteiger partial charge in [0.2, 0.25) is 0 Å². The van der Waals surface area contributed by atoms with Crippen LogP contribution in [0.4, 0.5) is 20.6 Å². The van der Waals surface area contributed by atoms with Gasteiger partial charge in [-0.1, -0.05) is 12.1 Å². The Hall–Kier alpha value is -2.96. The minimum Gasteiger partial charge on any atom is -0.506 e. The topological polar surface area (TPSA) is 65.0 Å². The fourth-order valence-electron chi connectivity index (χ4n) is 2.94. The Morgan fingerprint density at radius 3 is 2.58 bits per heavy atom. The maximum atomic E-state index is 13.9. The second kappa shape index (κ2) is 7.95. The number of urea groups is 1. The molecule has 2 aromatic rings. The molecular formula is C19H22FN3O3. The van der Waals surface area contributed by atoms with Gasteiger partial charge in [0, 0.05) is 37.9 Å². The Labute approximate surface area is 151 Å². The van der Waals surface area contributed by atoms with Crippen LogP contribution in [-0.2, 0) is 0 Å². The number of phenolic OH excluding ortho intramolecular Hbond substituents is 1. The van der Waals surface area contributed by atoms with Crippen molar-refractivity contribution in [2.45, 2.75) is 6.92 Å². The SMILES string of the molecule is CCOc1ccc(NC(=O)N2CCN(c3ccccc3O)CC2)cc1F. The average Bonchev–Trinajstić information content (AvgIpc) is 2.65. The predicted octanol–water partition coefficient (Wildman–Crippen LogP) is 3.28. The molecule has 0 radical (unpaired) electrons. The molecule has 6 nitrogen and oxygen atoms in total. The number of rotatable bonds is 4. The van der Waals surface area contributed by atoms with Crippen LogP contribution in [0.2, 0.25) is 0 Å². The Kier molecular flexibility index (Phi) is 5.46. The number of benzene rings is 2. The van der Waals surface area contributed by atoms with Crippen molar-refractivity contribution in [1.29, 1.82) is 0 Å². The molecule has 0 aromatic heterocycles. The van der Waals surface area contributed by atoms with Gasteiger partial charge < -0.3 is 25.0 Å². The number of ether oxygens (including phenoxy) is 1. The first-order valence-electron chi connectivity index (χ1n) is 8.59. The summed E-state index contributed by atoms with van der Waals surface area (Å²) in [5.74, 6) is -0.105. The van der Waals surface area contributed by atoms with Crippen LogP contribution in [0.1, 0.15) is 6.92 Å². The van der Waals surface area contributed by atoms with Gasteiger partial charge in [0.05, 0.1) is 12.3 Å². The van der Waals surface area contributed by atoms with E-state index in [0.717, 1.165) is 5.69 Å². The zero-order valence-corrected chi connectivity index (χ0v) is 14.6. The number of hydrogen-bond acceptors (Lipinski definition) is 4. The normalized spacial score (nSPS) is 14.2. The summed E-state index contributed by atoms with van der Waals surface area (Å²) in [6, 6.07) is 11.2. The number of piperazine rings is 1. The molecule has 1 aliphatic rings. The molecule has 1 saturated heterocycles. The molecule has 0 bridgehead atoms. The summed E-state index contributed by atoms with van der Waals surface area (Å²) < 4.78 is 19.0. The van der Waals surface area contributed by atoms with E-state index < -0.39 is 5.82 Å². The lowest BCUT2D eigenvalue weighted by atomic mass is 10.2. The van der Waals surface area contributed by atoms with E-state index in [-0.39, 0.29) is 17.5 Å². The second-order valence-corrected chi connectivity index (χ2v) is 5.97. The molecule has 0 spiro atoms. The van der Waals surface area contributed by atoms with Crippen LogP contribution in [0, 0.1) is 5.82 Å². The van der Waals surface area contributed by atoms with Crippen LogP contribution in [0.15, 0.2) is 42.5 Å². The van der Waals surface area contributed by atoms with Crippen molar-refractivity contribution in [3.05, 3.63) is 48.3 Å². The van der Waals surface area contributed by atoms with Gasteiger partial charge in [0.15, 0.2) is 11.6 Å². The lowest BCUT2D eigenvalue weighted by Gasteiger charge is -2.36. The third-order valence-corrected chi connectivity index (χ3v) is 4.27. The van der Waals surface area contributed by atoms with E-state index in [9.17, 15) is 14.3 Å². The molecule has 2 N–H and O–H groups in total. The molecule has 7 heteroatoms. The van der Waals surface area contributed by atoms with Crippen LogP contribution >= 0.6 is 0 Å². The standard InChI is InChI=1S/C19H22FN3O3/c1-2-26-18-8-7-14(13-15(18)20)21-19(25)23-11-9-22(10-12-23)16-5-3-4-6-17(16)24/h3-8,13,24H,2,9-12H2,1H3,(H,21,25). The first-order chi connectivity index (χ1) is 12.6. The fourth-order valence-corrected chi connectivity index (χ4v) is 2.94. The number of para-hydroxylation sites is 2. The molecule has 0 saturated carbocycles. The lowest BCUT2D eigenvalue weighted by Crippen LogP contribution is -2.50. The van der Waals surface area contributed by atoms with Gasteiger partial charge in [0.1, 0.15) is 5.75 Å². The zero-order chi connectivity index (χ0) is 18.5. The first-order valence-corrected chi connectivity index (χ1v) is 8.59. The molecule has 1 aliphatic heterocycles. The quantitative estimate of drug-likeness (QED) is 0.879. The minimum absolute atomic E-state index is 0.168. The Bertz CT molecular complexity index is 776. The highest BCUT2D eigenvalue weighted by Crippen LogP contribution is 2.27. The summed E-state index contributed by atoms with van der Waals surface area (Å²) in [5.41, 5.74) is 1.15. The van der Waals surface area contributed by atoms with Crippen molar-refractivity contribution < 1.29 is 19.0 Å². The summed E-state index contributed by atoms with van der Waals surface area (Å²) in [7, 11) is 0. The number of amides is 2. The maximum Gasteiger partial charge on any atom is 0.321 e. The van der Waals surface area contributed by atoms with E-state index in [2.05, 4.69) is 5.32 Å². The number of nitrogens with one attached hydrogen (secondary N) is 1. The van der Waals surface area contributed by atoms with E-state index in [1.807, 2.05) is 17.0 Å². The molecule has 0 atom stereocenters. The maximum absolute atomic E-state index is 13.9. The molecule has 0 aliphatic carbocycles. The van der Waals surface area contributed by atoms with Crippen LogP contribution in [0.5, 0.6) is 11.5 Å². The van der Waals surface area contributed by atoms with Crippen molar-refractivity contribution in [2.24, 2.45) is 0 Å². The molecule has 0 unspecified atom stereocenters. The number of carbonyl (C=O) groups excluding carboxylic acids is 1. The van der Waals surface area contributed by atoms with Gasteiger partial charge in [0.25, 0.3) is 0 Å². The summed E-state index contributed by atoms with van der Waals surface area (Å²) >= 11 is 0. The third kappa shape index (κ3) is 3.99. The lowest BCUT2D eigenvalue weighted by molar-refractivity contribution is 0.208. The van der Waals surface area contributed by atoms with E-state index in [1.165, 1.54) is 12.1 Å². The second-order valence-electron chi connectivity index (χ2n) is 5.97. The fraction of sp³-hybridized carbons (Fsp3) is 0.316. The van der Waals surface area contributed by atoms with Crippen LogP contribution in [0.25, 0.3) is 0 Å². The van der Waals surface area contributed by atoms with Crippen molar-refractivity contribution in [1.82, 2.24) is 4.90 Å². The number of aromatic hydroxyl groups is 1. The van der Waals surface area contributed by atoms with Crippen molar-refractivity contribution >= 4 is 17.4 Å². The van der Waals surface area contributed by atoms with Gasteiger partial charge in [-0.05, 0) is 31.2 Å². The van der Waals surface area contributed by atoms with E-state index in [0.29, 0.717) is 38.5 Å². The average molecular weight is 359 g/mol. The highest BCUT2D eigenvalue weighted by atomic mass is 19.1. The highest BCUT2D eigenvalue weighted by molar-refractivity contribution is 5.89. The van der Waals surface area contributed by atoms with Gasteiger partial charge in [-0.15, -0.1) is 0 Å². The smallest absolute Gasteiger partial charge is 0.321 e. The molecule has 26 heavy (non-hydrogen) atoms. The number of anilines is 2. The Morgan fingerprint density at radius 2 is 1.92 bits per heavy atom. The summed E-state index contributed by atoms with van der Waals surface area (Å²) in [6.07, 6.45) is 0. The summed E-state index contributed by atoms with van der Waals surface area (Å²) in [6.45, 7) is 4.42. The van der Waals surface area contributed by atoms with Gasteiger partial charge in [-0.25, -0.2) is 9.18 Å². The van der Waals surface area contributed by atoms with Crippen molar-refractivity contribution in [3.63, 3.8) is 0 Å². The number of hydrogen-bond donors (Lipinski definition) is 2.